The molecule has 2 heterocycles. The van der Waals surface area contributed by atoms with Crippen molar-refractivity contribution in [2.24, 2.45) is 0 Å². The Bertz CT molecular complexity index is 1280. The van der Waals surface area contributed by atoms with Gasteiger partial charge in [-0.1, -0.05) is 36.4 Å². The Labute approximate surface area is 168 Å². The zero-order valence-electron chi connectivity index (χ0n) is 15.3. The topological polar surface area (TPSA) is 64.0 Å². The first-order valence-electron chi connectivity index (χ1n) is 9.11. The van der Waals surface area contributed by atoms with Gasteiger partial charge >= 0.3 is 0 Å². The molecule has 29 heavy (non-hydrogen) atoms. The van der Waals surface area contributed by atoms with Crippen molar-refractivity contribution in [1.82, 2.24) is 9.78 Å². The van der Waals surface area contributed by atoms with Crippen molar-refractivity contribution in [3.8, 4) is 5.69 Å². The summed E-state index contributed by atoms with van der Waals surface area (Å²) in [6.07, 6.45) is 0. The summed E-state index contributed by atoms with van der Waals surface area (Å²) in [5.41, 5.74) is 2.63. The minimum Gasteiger partial charge on any atom is -0.306 e. The number of benzene rings is 3. The zero-order chi connectivity index (χ0) is 20.0. The van der Waals surface area contributed by atoms with Gasteiger partial charge in [-0.15, -0.1) is 0 Å². The summed E-state index contributed by atoms with van der Waals surface area (Å²) in [5, 5.41) is 9.32. The zero-order valence-corrected chi connectivity index (χ0v) is 16.1. The van der Waals surface area contributed by atoms with E-state index in [0.29, 0.717) is 34.3 Å². The van der Waals surface area contributed by atoms with E-state index in [4.69, 9.17) is 0 Å². The molecule has 1 aliphatic heterocycles. The van der Waals surface area contributed by atoms with Gasteiger partial charge in [0.05, 0.1) is 22.9 Å². The summed E-state index contributed by atoms with van der Waals surface area (Å²) < 4.78 is 27.0. The van der Waals surface area contributed by atoms with Crippen LogP contribution < -0.4 is 5.32 Å². The molecule has 1 amide bonds. The second kappa shape index (κ2) is 6.93. The van der Waals surface area contributed by atoms with Crippen molar-refractivity contribution in [2.45, 2.75) is 11.5 Å². The number of carbonyl (C=O) groups excluding carboxylic acids is 1. The summed E-state index contributed by atoms with van der Waals surface area (Å²) >= 11 is 0. The van der Waals surface area contributed by atoms with Gasteiger partial charge in [0.15, 0.2) is 0 Å². The number of fused-ring (bicyclic) bond motifs is 2. The molecule has 1 aromatic heterocycles. The molecule has 0 aliphatic carbocycles. The number of nitrogens with one attached hydrogen (secondary N) is 1. The van der Waals surface area contributed by atoms with Crippen LogP contribution >= 0.6 is 0 Å². The monoisotopic (exact) mass is 405 g/mol. The first kappa shape index (κ1) is 17.8. The number of rotatable bonds is 3. The molecule has 144 valence electrons. The molecular weight excluding hydrogens is 389 g/mol. The maximum atomic E-state index is 13.4. The van der Waals surface area contributed by atoms with E-state index in [1.165, 1.54) is 12.1 Å². The van der Waals surface area contributed by atoms with E-state index in [-0.39, 0.29) is 11.7 Å². The summed E-state index contributed by atoms with van der Waals surface area (Å²) in [7, 11) is -1.04. The van der Waals surface area contributed by atoms with E-state index >= 15 is 0 Å². The lowest BCUT2D eigenvalue weighted by molar-refractivity contribution is 0.102. The number of aromatic nitrogens is 2. The minimum absolute atomic E-state index is 0.273. The Kier molecular flexibility index (Phi) is 4.24. The Balaban J connectivity index is 1.59. The maximum absolute atomic E-state index is 13.4. The van der Waals surface area contributed by atoms with Crippen LogP contribution in [0.4, 0.5) is 10.2 Å². The molecule has 1 atom stereocenters. The van der Waals surface area contributed by atoms with Crippen LogP contribution in [0.2, 0.25) is 0 Å². The number of amides is 1. The van der Waals surface area contributed by atoms with Crippen molar-refractivity contribution >= 4 is 33.3 Å². The molecule has 5 rings (SSSR count). The quantitative estimate of drug-likeness (QED) is 0.556. The van der Waals surface area contributed by atoms with E-state index in [9.17, 15) is 13.4 Å². The van der Waals surface area contributed by atoms with Crippen LogP contribution in [-0.2, 0) is 22.3 Å². The molecule has 1 aliphatic rings. The molecule has 0 bridgehead atoms. The highest BCUT2D eigenvalue weighted by atomic mass is 32.2. The summed E-state index contributed by atoms with van der Waals surface area (Å²) in [6.45, 7) is 0. The summed E-state index contributed by atoms with van der Waals surface area (Å²) in [5.74, 6) is 0.541. The molecule has 0 spiro atoms. The number of hydrogen-bond acceptors (Lipinski definition) is 3. The van der Waals surface area contributed by atoms with Gasteiger partial charge in [0.1, 0.15) is 11.6 Å². The Morgan fingerprint density at radius 3 is 2.59 bits per heavy atom. The van der Waals surface area contributed by atoms with Gasteiger partial charge in [-0.2, -0.15) is 5.10 Å². The fraction of sp³-hybridized carbons (Fsp3) is 0.0909. The van der Waals surface area contributed by atoms with Gasteiger partial charge in [0.2, 0.25) is 0 Å². The predicted molar refractivity (Wildman–Crippen MR) is 111 cm³/mol. The molecular formula is C22H16FN3O2S. The number of hydrogen-bond donors (Lipinski definition) is 1. The lowest BCUT2D eigenvalue weighted by atomic mass is 10.0. The van der Waals surface area contributed by atoms with E-state index < -0.39 is 10.8 Å². The highest BCUT2D eigenvalue weighted by molar-refractivity contribution is 7.83. The van der Waals surface area contributed by atoms with Crippen molar-refractivity contribution in [3.05, 3.63) is 89.4 Å². The average Bonchev–Trinajstić information content (AvgIpc) is 3.25. The number of anilines is 1. The third-order valence-corrected chi connectivity index (χ3v) is 6.21. The van der Waals surface area contributed by atoms with Crippen LogP contribution in [0.1, 0.15) is 21.6 Å². The highest BCUT2D eigenvalue weighted by Crippen LogP contribution is 2.32. The van der Waals surface area contributed by atoms with Crippen molar-refractivity contribution in [2.75, 3.05) is 5.32 Å². The van der Waals surface area contributed by atoms with Gasteiger partial charge in [-0.3, -0.25) is 9.00 Å². The second-order valence-electron chi connectivity index (χ2n) is 6.87. The Morgan fingerprint density at radius 2 is 1.76 bits per heavy atom. The fourth-order valence-electron chi connectivity index (χ4n) is 3.62. The minimum atomic E-state index is -1.04. The van der Waals surface area contributed by atoms with Gasteiger partial charge in [0, 0.05) is 21.9 Å². The smallest absolute Gasteiger partial charge is 0.257 e. The van der Waals surface area contributed by atoms with Crippen LogP contribution in [0.3, 0.4) is 0 Å². The lowest BCUT2D eigenvalue weighted by Crippen LogP contribution is -2.17. The molecule has 5 nitrogen and oxygen atoms in total. The normalized spacial score (nSPS) is 15.4. The predicted octanol–water partition coefficient (Wildman–Crippen LogP) is 4.18. The van der Waals surface area contributed by atoms with Crippen molar-refractivity contribution in [1.29, 1.82) is 0 Å². The van der Waals surface area contributed by atoms with Crippen LogP contribution in [0.5, 0.6) is 0 Å². The van der Waals surface area contributed by atoms with Crippen molar-refractivity contribution < 1.29 is 13.4 Å². The Hall–Kier alpha value is -3.32. The number of halogens is 1. The van der Waals surface area contributed by atoms with E-state index in [1.807, 2.05) is 36.4 Å². The van der Waals surface area contributed by atoms with Gasteiger partial charge < -0.3 is 5.32 Å². The molecule has 3 aromatic carbocycles. The second-order valence-corrected chi connectivity index (χ2v) is 8.33. The standard InChI is InChI=1S/C22H16FN3O2S/c23-15-8-10-16(11-9-15)26-21(19-12-29(28)13-20(19)25-26)24-22(27)18-7-3-5-14-4-1-2-6-17(14)18/h1-11H,12-13H2,(H,24,27)/t29-/m1/s1. The fourth-order valence-corrected chi connectivity index (χ4v) is 4.89. The first-order valence-corrected chi connectivity index (χ1v) is 10.6. The number of carbonyl (C=O) groups is 1. The molecule has 0 unspecified atom stereocenters. The van der Waals surface area contributed by atoms with Gasteiger partial charge in [0.25, 0.3) is 5.91 Å². The average molecular weight is 405 g/mol. The molecule has 0 saturated heterocycles. The van der Waals surface area contributed by atoms with Crippen LogP contribution in [0.25, 0.3) is 16.5 Å². The first-order chi connectivity index (χ1) is 14.1. The number of nitrogens with zero attached hydrogens (tertiary/aromatic N) is 2. The lowest BCUT2D eigenvalue weighted by Gasteiger charge is -2.12. The van der Waals surface area contributed by atoms with Crippen LogP contribution in [0.15, 0.2) is 66.7 Å². The maximum Gasteiger partial charge on any atom is 0.257 e. The SMILES string of the molecule is O=C(Nc1c2c(nn1-c1ccc(F)cc1)C[S@](=O)C2)c1cccc2ccccc12. The molecule has 0 fully saturated rings. The van der Waals surface area contributed by atoms with Crippen LogP contribution in [-0.4, -0.2) is 19.9 Å². The molecule has 0 radical (unpaired) electrons. The van der Waals surface area contributed by atoms with Gasteiger partial charge in [-0.25, -0.2) is 9.07 Å². The van der Waals surface area contributed by atoms with E-state index in [1.54, 1.807) is 22.9 Å². The molecule has 4 aromatic rings. The molecule has 7 heteroatoms. The third kappa shape index (κ3) is 3.13. The van der Waals surface area contributed by atoms with E-state index in [2.05, 4.69) is 10.4 Å². The summed E-state index contributed by atoms with van der Waals surface area (Å²) in [6, 6.07) is 19.1. The third-order valence-electron chi connectivity index (χ3n) is 5.01. The Morgan fingerprint density at radius 1 is 1.00 bits per heavy atom. The summed E-state index contributed by atoms with van der Waals surface area (Å²) in [4.78, 5) is 13.2. The highest BCUT2D eigenvalue weighted by Gasteiger charge is 2.28. The van der Waals surface area contributed by atoms with E-state index in [0.717, 1.165) is 16.3 Å². The molecule has 1 N–H and O–H groups in total. The molecule has 0 saturated carbocycles. The van der Waals surface area contributed by atoms with Crippen molar-refractivity contribution in [3.63, 3.8) is 0 Å². The van der Waals surface area contributed by atoms with Gasteiger partial charge in [-0.05, 0) is 41.1 Å². The largest absolute Gasteiger partial charge is 0.306 e. The van der Waals surface area contributed by atoms with Crippen LogP contribution in [0, 0.1) is 5.82 Å².